The van der Waals surface area contributed by atoms with Crippen molar-refractivity contribution >= 4 is 0 Å². The van der Waals surface area contributed by atoms with Gasteiger partial charge >= 0.3 is 0 Å². The molecular weight excluding hydrogens is 276 g/mol. The first-order valence-electron chi connectivity index (χ1n) is 8.37. The second-order valence-corrected chi connectivity index (χ2v) is 5.21. The zero-order chi connectivity index (χ0) is 16.5. The van der Waals surface area contributed by atoms with Crippen LogP contribution in [0.3, 0.4) is 0 Å². The number of ether oxygens (including phenoxy) is 1. The third-order valence-corrected chi connectivity index (χ3v) is 3.33. The van der Waals surface area contributed by atoms with Crippen LogP contribution in [0.1, 0.15) is 57.4 Å². The van der Waals surface area contributed by atoms with Gasteiger partial charge in [0.25, 0.3) is 0 Å². The Hall–Kier alpha value is -1.32. The molecule has 22 heavy (non-hydrogen) atoms. The minimum Gasteiger partial charge on any atom is -0.465 e. The lowest BCUT2D eigenvalue weighted by Crippen LogP contribution is -1.91. The third kappa shape index (κ3) is 11.4. The Labute approximate surface area is 135 Å². The van der Waals surface area contributed by atoms with E-state index in [4.69, 9.17) is 14.9 Å². The molecule has 0 fully saturated rings. The number of hydrogen-bond acceptors (Lipinski definition) is 3. The van der Waals surface area contributed by atoms with Gasteiger partial charge in [-0.3, -0.25) is 0 Å². The Morgan fingerprint density at radius 3 is 2.14 bits per heavy atom. The molecule has 0 aliphatic heterocycles. The number of para-hydroxylation sites is 1. The highest BCUT2D eigenvalue weighted by Gasteiger charge is 2.01. The third-order valence-electron chi connectivity index (χ3n) is 3.33. The quantitative estimate of drug-likeness (QED) is 0.468. The first-order chi connectivity index (χ1) is 10.8. The number of benzene rings is 1. The van der Waals surface area contributed by atoms with Crippen molar-refractivity contribution in [1.29, 1.82) is 0 Å². The molecule has 0 aliphatic rings. The van der Waals surface area contributed by atoms with Crippen molar-refractivity contribution in [1.82, 2.24) is 0 Å². The van der Waals surface area contributed by atoms with Gasteiger partial charge in [-0.05, 0) is 24.5 Å². The SMILES string of the molecule is C=COc1ccccc1CCCCCCCCC.OCCO. The van der Waals surface area contributed by atoms with Crippen LogP contribution in [0.5, 0.6) is 5.75 Å². The normalized spacial score (nSPS) is 9.77. The summed E-state index contributed by atoms with van der Waals surface area (Å²) in [4.78, 5) is 0. The van der Waals surface area contributed by atoms with Gasteiger partial charge in [-0.25, -0.2) is 0 Å². The number of aryl methyl sites for hydroxylation is 1. The number of unbranched alkanes of at least 4 members (excludes halogenated alkanes) is 6. The Balaban J connectivity index is 0.000000980. The van der Waals surface area contributed by atoms with Crippen molar-refractivity contribution in [2.75, 3.05) is 13.2 Å². The van der Waals surface area contributed by atoms with Gasteiger partial charge in [0.2, 0.25) is 0 Å². The summed E-state index contributed by atoms with van der Waals surface area (Å²) in [6, 6.07) is 8.24. The lowest BCUT2D eigenvalue weighted by molar-refractivity contribution is 0.186. The fourth-order valence-electron chi connectivity index (χ4n) is 2.19. The van der Waals surface area contributed by atoms with Crippen molar-refractivity contribution < 1.29 is 14.9 Å². The molecule has 126 valence electrons. The van der Waals surface area contributed by atoms with E-state index in [-0.39, 0.29) is 13.2 Å². The smallest absolute Gasteiger partial charge is 0.129 e. The van der Waals surface area contributed by atoms with Crippen LogP contribution in [0.25, 0.3) is 0 Å². The zero-order valence-electron chi connectivity index (χ0n) is 14.0. The van der Waals surface area contributed by atoms with E-state index in [0.717, 1.165) is 12.2 Å². The summed E-state index contributed by atoms with van der Waals surface area (Å²) >= 11 is 0. The molecule has 0 amide bonds. The molecule has 0 spiro atoms. The molecule has 0 unspecified atom stereocenters. The second kappa shape index (κ2) is 16.1. The van der Waals surface area contributed by atoms with E-state index in [9.17, 15) is 0 Å². The molecule has 0 bridgehead atoms. The van der Waals surface area contributed by atoms with Gasteiger partial charge in [-0.15, -0.1) is 0 Å². The van der Waals surface area contributed by atoms with Crippen LogP contribution < -0.4 is 4.74 Å². The van der Waals surface area contributed by atoms with Crippen molar-refractivity contribution in [2.24, 2.45) is 0 Å². The van der Waals surface area contributed by atoms with E-state index >= 15 is 0 Å². The highest BCUT2D eigenvalue weighted by atomic mass is 16.5. The van der Waals surface area contributed by atoms with Crippen LogP contribution in [0.4, 0.5) is 0 Å². The fourth-order valence-corrected chi connectivity index (χ4v) is 2.19. The lowest BCUT2D eigenvalue weighted by Gasteiger charge is -2.07. The summed E-state index contributed by atoms with van der Waals surface area (Å²) in [6.45, 7) is 5.62. The summed E-state index contributed by atoms with van der Waals surface area (Å²) in [5.41, 5.74) is 1.30. The van der Waals surface area contributed by atoms with Gasteiger partial charge < -0.3 is 14.9 Å². The van der Waals surface area contributed by atoms with E-state index in [1.165, 1.54) is 56.8 Å². The van der Waals surface area contributed by atoms with Gasteiger partial charge in [0.15, 0.2) is 0 Å². The van der Waals surface area contributed by atoms with Gasteiger partial charge in [-0.1, -0.05) is 70.2 Å². The number of aliphatic hydroxyl groups is 2. The van der Waals surface area contributed by atoms with Crippen molar-refractivity contribution in [2.45, 2.75) is 58.3 Å². The second-order valence-electron chi connectivity index (χ2n) is 5.21. The van der Waals surface area contributed by atoms with Crippen LogP contribution >= 0.6 is 0 Å². The highest BCUT2D eigenvalue weighted by molar-refractivity contribution is 5.33. The summed E-state index contributed by atoms with van der Waals surface area (Å²) in [6.07, 6.45) is 12.1. The van der Waals surface area contributed by atoms with E-state index < -0.39 is 0 Å². The first kappa shape index (κ1) is 20.7. The zero-order valence-corrected chi connectivity index (χ0v) is 14.0. The monoisotopic (exact) mass is 308 g/mol. The standard InChI is InChI=1S/C17H26O.C2H6O2/c1-3-5-6-7-8-9-10-13-16-14-11-12-15-17(16)18-4-2;3-1-2-4/h4,11-12,14-15H,2-3,5-10,13H2,1H3;3-4H,1-2H2. The van der Waals surface area contributed by atoms with Crippen molar-refractivity contribution in [3.63, 3.8) is 0 Å². The van der Waals surface area contributed by atoms with Crippen molar-refractivity contribution in [3.8, 4) is 5.75 Å². The summed E-state index contributed by atoms with van der Waals surface area (Å²) < 4.78 is 5.41. The lowest BCUT2D eigenvalue weighted by atomic mass is 10.0. The van der Waals surface area contributed by atoms with Gasteiger partial charge in [0.1, 0.15) is 5.75 Å². The van der Waals surface area contributed by atoms with Gasteiger partial charge in [-0.2, -0.15) is 0 Å². The predicted octanol–water partition coefficient (Wildman–Crippen LogP) is 4.47. The molecule has 0 saturated heterocycles. The Morgan fingerprint density at radius 1 is 0.955 bits per heavy atom. The molecule has 2 N–H and O–H groups in total. The molecule has 0 heterocycles. The van der Waals surface area contributed by atoms with E-state index in [0.29, 0.717) is 0 Å². The molecule has 1 aromatic carbocycles. The van der Waals surface area contributed by atoms with Gasteiger partial charge in [0.05, 0.1) is 19.5 Å². The maximum absolute atomic E-state index is 7.62. The van der Waals surface area contributed by atoms with Crippen LogP contribution in [-0.2, 0) is 6.42 Å². The van der Waals surface area contributed by atoms with Crippen LogP contribution in [-0.4, -0.2) is 23.4 Å². The molecule has 0 radical (unpaired) electrons. The fraction of sp³-hybridized carbons (Fsp3) is 0.579. The summed E-state index contributed by atoms with van der Waals surface area (Å²) in [7, 11) is 0. The number of rotatable bonds is 11. The molecule has 0 aromatic heterocycles. The highest BCUT2D eigenvalue weighted by Crippen LogP contribution is 2.20. The topological polar surface area (TPSA) is 49.7 Å². The Kier molecular flexibility index (Phi) is 15.1. The minimum atomic E-state index is -0.125. The van der Waals surface area contributed by atoms with Crippen LogP contribution in [0.15, 0.2) is 37.1 Å². The Bertz CT molecular complexity index is 361. The maximum Gasteiger partial charge on any atom is 0.129 e. The molecular formula is C19H32O3. The number of aliphatic hydroxyl groups excluding tert-OH is 2. The average molecular weight is 308 g/mol. The summed E-state index contributed by atoms with van der Waals surface area (Å²) in [5, 5.41) is 15.2. The van der Waals surface area contributed by atoms with Crippen LogP contribution in [0.2, 0.25) is 0 Å². The average Bonchev–Trinajstić information content (AvgIpc) is 2.56. The molecule has 3 nitrogen and oxygen atoms in total. The molecule has 3 heteroatoms. The van der Waals surface area contributed by atoms with E-state index in [2.05, 4.69) is 25.6 Å². The molecule has 0 atom stereocenters. The number of hydrogen-bond donors (Lipinski definition) is 2. The van der Waals surface area contributed by atoms with Gasteiger partial charge in [0, 0.05) is 0 Å². The Morgan fingerprint density at radius 2 is 1.55 bits per heavy atom. The largest absolute Gasteiger partial charge is 0.465 e. The summed E-state index contributed by atoms with van der Waals surface area (Å²) in [5.74, 6) is 0.957. The van der Waals surface area contributed by atoms with Crippen LogP contribution in [0, 0.1) is 0 Å². The first-order valence-corrected chi connectivity index (χ1v) is 8.37. The molecule has 0 aliphatic carbocycles. The predicted molar refractivity (Wildman–Crippen MR) is 93.1 cm³/mol. The van der Waals surface area contributed by atoms with E-state index in [1.54, 1.807) is 0 Å². The van der Waals surface area contributed by atoms with Crippen molar-refractivity contribution in [3.05, 3.63) is 42.7 Å². The molecule has 1 rings (SSSR count). The molecule has 0 saturated carbocycles. The maximum atomic E-state index is 7.62. The van der Waals surface area contributed by atoms with E-state index in [1.807, 2.05) is 12.1 Å². The minimum absolute atomic E-state index is 0.125. The molecule has 1 aromatic rings.